The second-order valence-electron chi connectivity index (χ2n) is 7.17. The molecule has 28 heavy (non-hydrogen) atoms. The van der Waals surface area contributed by atoms with E-state index in [0.717, 1.165) is 11.4 Å². The van der Waals surface area contributed by atoms with Gasteiger partial charge in [0.1, 0.15) is 11.6 Å². The van der Waals surface area contributed by atoms with E-state index in [9.17, 15) is 13.6 Å². The lowest BCUT2D eigenvalue weighted by Crippen LogP contribution is -2.41. The molecule has 5 nitrogen and oxygen atoms in total. The molecule has 150 valence electrons. The first-order valence-electron chi connectivity index (χ1n) is 9.14. The van der Waals surface area contributed by atoms with Crippen molar-refractivity contribution in [1.82, 2.24) is 14.0 Å². The Morgan fingerprint density at radius 2 is 2.04 bits per heavy atom. The van der Waals surface area contributed by atoms with Crippen molar-refractivity contribution in [2.75, 3.05) is 26.3 Å². The van der Waals surface area contributed by atoms with Crippen LogP contribution in [0.2, 0.25) is 0 Å². The molecule has 1 aromatic carbocycles. The van der Waals surface area contributed by atoms with Crippen molar-refractivity contribution in [3.8, 4) is 0 Å². The monoisotopic (exact) mass is 471 g/mol. The molecule has 1 unspecified atom stereocenters. The van der Waals surface area contributed by atoms with E-state index in [1.165, 1.54) is 12.1 Å². The van der Waals surface area contributed by atoms with Crippen LogP contribution in [0.25, 0.3) is 0 Å². The van der Waals surface area contributed by atoms with E-state index in [4.69, 9.17) is 17.0 Å². The van der Waals surface area contributed by atoms with Gasteiger partial charge in [-0.3, -0.25) is 4.79 Å². The summed E-state index contributed by atoms with van der Waals surface area (Å²) in [6.07, 6.45) is 0.666. The normalized spacial score (nSPS) is 19.1. The van der Waals surface area contributed by atoms with Crippen LogP contribution < -0.4 is 0 Å². The first-order chi connectivity index (χ1) is 13.4. The molecular weight excluding hydrogens is 452 g/mol. The van der Waals surface area contributed by atoms with Gasteiger partial charge < -0.3 is 18.8 Å². The maximum Gasteiger partial charge on any atom is 0.228 e. The number of imidazole rings is 1. The quantitative estimate of drug-likeness (QED) is 0.509. The third-order valence-corrected chi connectivity index (χ3v) is 6.70. The van der Waals surface area contributed by atoms with Crippen molar-refractivity contribution >= 4 is 34.1 Å². The van der Waals surface area contributed by atoms with Gasteiger partial charge >= 0.3 is 0 Å². The van der Waals surface area contributed by atoms with Crippen LogP contribution in [0.5, 0.6) is 0 Å². The summed E-state index contributed by atoms with van der Waals surface area (Å²) in [5, 5.41) is 0. The number of aromatic nitrogens is 2. The van der Waals surface area contributed by atoms with Crippen molar-refractivity contribution in [2.45, 2.75) is 25.3 Å². The number of carbonyl (C=O) groups excluding carboxylic acids is 1. The molecule has 1 aromatic heterocycles. The molecule has 2 aromatic rings. The molecule has 1 saturated heterocycles. The zero-order valence-corrected chi connectivity index (χ0v) is 17.8. The number of hydrogen-bond acceptors (Lipinski definition) is 3. The molecule has 0 radical (unpaired) electrons. The Morgan fingerprint density at radius 3 is 2.75 bits per heavy atom. The second kappa shape index (κ2) is 7.68. The lowest BCUT2D eigenvalue weighted by molar-refractivity contribution is -0.134. The minimum atomic E-state index is -0.572. The van der Waals surface area contributed by atoms with E-state index in [-0.39, 0.29) is 28.3 Å². The van der Waals surface area contributed by atoms with E-state index in [0.29, 0.717) is 44.0 Å². The minimum Gasteiger partial charge on any atom is -0.378 e. The minimum absolute atomic E-state index is 0.0190. The van der Waals surface area contributed by atoms with Crippen LogP contribution in [0.4, 0.5) is 8.78 Å². The van der Waals surface area contributed by atoms with Crippen molar-refractivity contribution in [1.29, 1.82) is 0 Å². The van der Waals surface area contributed by atoms with Gasteiger partial charge in [-0.1, -0.05) is 0 Å². The van der Waals surface area contributed by atoms with E-state index < -0.39 is 11.6 Å². The molecule has 9 heteroatoms. The molecule has 0 aliphatic carbocycles. The molecule has 2 aliphatic heterocycles. The molecule has 1 fully saturated rings. The Hall–Kier alpha value is -1.58. The molecule has 0 N–H and O–H groups in total. The van der Waals surface area contributed by atoms with Crippen LogP contribution in [0.15, 0.2) is 16.6 Å². The zero-order valence-electron chi connectivity index (χ0n) is 15.4. The van der Waals surface area contributed by atoms with E-state index in [1.54, 1.807) is 4.90 Å². The summed E-state index contributed by atoms with van der Waals surface area (Å²) in [4.78, 5) is 14.5. The molecule has 1 atom stereocenters. The predicted molar refractivity (Wildman–Crippen MR) is 106 cm³/mol. The summed E-state index contributed by atoms with van der Waals surface area (Å²) in [6.45, 7) is 2.65. The van der Waals surface area contributed by atoms with Crippen LogP contribution in [0.3, 0.4) is 0 Å². The molecule has 3 heterocycles. The van der Waals surface area contributed by atoms with Crippen LogP contribution in [-0.2, 0) is 36.0 Å². The summed E-state index contributed by atoms with van der Waals surface area (Å²) < 4.78 is 38.8. The third-order valence-electron chi connectivity index (χ3n) is 5.59. The highest BCUT2D eigenvalue weighted by Crippen LogP contribution is 2.37. The average Bonchev–Trinajstić information content (AvgIpc) is 3.21. The van der Waals surface area contributed by atoms with Crippen molar-refractivity contribution < 1.29 is 18.3 Å². The Morgan fingerprint density at radius 1 is 1.32 bits per heavy atom. The first kappa shape index (κ1) is 19.7. The zero-order chi connectivity index (χ0) is 20.0. The number of fused-ring (bicyclic) bond motifs is 1. The van der Waals surface area contributed by atoms with Gasteiger partial charge in [0.05, 0.1) is 24.1 Å². The van der Waals surface area contributed by atoms with Gasteiger partial charge in [0.2, 0.25) is 5.91 Å². The number of ether oxygens (including phenoxy) is 1. The molecule has 1 amide bonds. The van der Waals surface area contributed by atoms with Crippen LogP contribution in [0.1, 0.15) is 22.9 Å². The first-order valence-corrected chi connectivity index (χ1v) is 10.3. The number of nitrogens with zero attached hydrogens (tertiary/aromatic N) is 3. The number of hydrogen-bond donors (Lipinski definition) is 0. The molecule has 0 spiro atoms. The number of rotatable bonds is 3. The summed E-state index contributed by atoms with van der Waals surface area (Å²) in [6, 6.07) is 2.64. The van der Waals surface area contributed by atoms with Gasteiger partial charge in [-0.15, -0.1) is 0 Å². The van der Waals surface area contributed by atoms with E-state index in [2.05, 4.69) is 15.9 Å². The third kappa shape index (κ3) is 3.33. The molecule has 4 rings (SSSR count). The maximum atomic E-state index is 14.6. The fourth-order valence-corrected chi connectivity index (χ4v) is 4.74. The standard InChI is InChI=1S/C19H20BrF2N3O2S/c1-23-14(9-16(26)24-4-6-27-7-5-24)15-8-11(10-25(15)19(23)28)17-13(21)3-2-12(20)18(17)22/h2-3,11H,4-10H2,1H3. The lowest BCUT2D eigenvalue weighted by Gasteiger charge is -2.27. The van der Waals surface area contributed by atoms with Crippen molar-refractivity contribution in [2.24, 2.45) is 7.05 Å². The summed E-state index contributed by atoms with van der Waals surface area (Å²) in [7, 11) is 1.84. The van der Waals surface area contributed by atoms with Crippen LogP contribution in [0, 0.1) is 16.4 Å². The Labute approximate surface area is 175 Å². The van der Waals surface area contributed by atoms with Gasteiger partial charge in [0, 0.05) is 49.6 Å². The smallest absolute Gasteiger partial charge is 0.228 e. The number of amides is 1. The van der Waals surface area contributed by atoms with E-state index in [1.807, 2.05) is 16.2 Å². The number of morpholine rings is 1. The lowest BCUT2D eigenvalue weighted by atomic mass is 9.95. The Balaban J connectivity index is 1.63. The maximum absolute atomic E-state index is 14.6. The van der Waals surface area contributed by atoms with Gasteiger partial charge in [-0.2, -0.15) is 0 Å². The van der Waals surface area contributed by atoms with Crippen molar-refractivity contribution in [3.63, 3.8) is 0 Å². The summed E-state index contributed by atoms with van der Waals surface area (Å²) in [5.74, 6) is -1.46. The SMILES string of the molecule is Cn1c(CC(=O)N2CCOCC2)c2n(c1=S)CC(c1c(F)ccc(Br)c1F)C2. The number of carbonyl (C=O) groups is 1. The highest BCUT2D eigenvalue weighted by molar-refractivity contribution is 9.10. The number of halogens is 3. The van der Waals surface area contributed by atoms with Gasteiger partial charge in [-0.25, -0.2) is 8.78 Å². The molecule has 0 saturated carbocycles. The van der Waals surface area contributed by atoms with Gasteiger partial charge in [-0.05, 0) is 46.7 Å². The van der Waals surface area contributed by atoms with E-state index >= 15 is 0 Å². The largest absolute Gasteiger partial charge is 0.378 e. The van der Waals surface area contributed by atoms with Gasteiger partial charge in [0.25, 0.3) is 0 Å². The molecule has 0 bridgehead atoms. The van der Waals surface area contributed by atoms with Gasteiger partial charge in [0.15, 0.2) is 4.77 Å². The number of benzene rings is 1. The predicted octanol–water partition coefficient (Wildman–Crippen LogP) is 3.34. The van der Waals surface area contributed by atoms with Crippen molar-refractivity contribution in [3.05, 3.63) is 50.0 Å². The second-order valence-corrected chi connectivity index (χ2v) is 8.39. The topological polar surface area (TPSA) is 39.4 Å². The highest BCUT2D eigenvalue weighted by atomic mass is 79.9. The fourth-order valence-electron chi connectivity index (χ4n) is 4.09. The summed E-state index contributed by atoms with van der Waals surface area (Å²) >= 11 is 8.67. The Kier molecular flexibility index (Phi) is 5.41. The van der Waals surface area contributed by atoms with Crippen LogP contribution in [-0.4, -0.2) is 46.2 Å². The molecule has 2 aliphatic rings. The summed E-state index contributed by atoms with van der Waals surface area (Å²) in [5.41, 5.74) is 1.78. The Bertz CT molecular complexity index is 998. The average molecular weight is 472 g/mol. The highest BCUT2D eigenvalue weighted by Gasteiger charge is 2.33. The molecular formula is C19H20BrF2N3O2S. The van der Waals surface area contributed by atoms with Crippen LogP contribution >= 0.6 is 28.1 Å². The fraction of sp³-hybridized carbons (Fsp3) is 0.474.